The van der Waals surface area contributed by atoms with Crippen molar-refractivity contribution < 1.29 is 57.8 Å². The van der Waals surface area contributed by atoms with E-state index in [0.717, 1.165) is 9.80 Å². The number of aliphatic hydroxyl groups is 1. The van der Waals surface area contributed by atoms with Crippen molar-refractivity contribution in [3.63, 3.8) is 0 Å². The molecule has 1 aliphatic rings. The van der Waals surface area contributed by atoms with E-state index < -0.39 is 156 Å². The lowest BCUT2D eigenvalue weighted by Crippen LogP contribution is -2.63. The molecule has 0 bridgehead atoms. The number of likely N-dealkylation sites (N-methyl/N-ethyl adjacent to an activating group) is 7. The van der Waals surface area contributed by atoms with Crippen LogP contribution >= 0.6 is 22.6 Å². The van der Waals surface area contributed by atoms with E-state index in [2.05, 4.69) is 31.1 Å². The Hall–Kier alpha value is -5.84. The van der Waals surface area contributed by atoms with Crippen LogP contribution in [0.3, 0.4) is 0 Å². The first-order valence-electron chi connectivity index (χ1n) is 31.1. The van der Waals surface area contributed by atoms with Gasteiger partial charge in [-0.25, -0.2) is 0 Å². The molecular formula is C64H110IN11O12. The van der Waals surface area contributed by atoms with Crippen molar-refractivity contribution >= 4 is 87.6 Å². The van der Waals surface area contributed by atoms with Crippen LogP contribution in [-0.4, -0.2) is 227 Å². The minimum atomic E-state index is -1.65. The van der Waals surface area contributed by atoms with Crippen molar-refractivity contribution in [1.29, 1.82) is 0 Å². The first-order valence-corrected chi connectivity index (χ1v) is 32.2. The van der Waals surface area contributed by atoms with E-state index in [-0.39, 0.29) is 62.2 Å². The minimum absolute atomic E-state index is 0.00733. The Labute approximate surface area is 539 Å². The number of carbonyl (C=O) groups excluding carboxylic acids is 11. The molecule has 0 aromatic rings. The van der Waals surface area contributed by atoms with Crippen LogP contribution in [0.15, 0.2) is 11.6 Å². The van der Waals surface area contributed by atoms with Crippen molar-refractivity contribution in [2.75, 3.05) is 55.9 Å². The maximum atomic E-state index is 15.2. The minimum Gasteiger partial charge on any atom is -0.390 e. The van der Waals surface area contributed by atoms with Gasteiger partial charge in [0.25, 0.3) is 0 Å². The van der Waals surface area contributed by atoms with E-state index in [0.29, 0.717) is 5.57 Å². The number of hydrogen-bond donors (Lipinski definition) is 5. The van der Waals surface area contributed by atoms with Gasteiger partial charge in [-0.05, 0) is 110 Å². The summed E-state index contributed by atoms with van der Waals surface area (Å²) in [5.41, 5.74) is 0.705. The largest absolute Gasteiger partial charge is 0.390 e. The third-order valence-electron chi connectivity index (χ3n) is 16.4. The fourth-order valence-electron chi connectivity index (χ4n) is 10.8. The number of halogens is 1. The molecule has 1 heterocycles. The van der Waals surface area contributed by atoms with Crippen LogP contribution in [-0.2, 0) is 52.7 Å². The summed E-state index contributed by atoms with van der Waals surface area (Å²) in [4.78, 5) is 169. The lowest BCUT2D eigenvalue weighted by Gasteiger charge is -2.41. The Kier molecular flexibility index (Phi) is 33.5. The zero-order chi connectivity index (χ0) is 68.3. The smallest absolute Gasteiger partial charge is 0.246 e. The molecule has 11 amide bonds. The quantitative estimate of drug-likeness (QED) is 0.115. The van der Waals surface area contributed by atoms with Crippen LogP contribution in [0.1, 0.15) is 156 Å². The van der Waals surface area contributed by atoms with Crippen LogP contribution in [0.25, 0.3) is 0 Å². The molecule has 0 aliphatic carbocycles. The number of allylic oxidation sites excluding steroid dienone is 2. The van der Waals surface area contributed by atoms with Gasteiger partial charge in [0.15, 0.2) is 0 Å². The highest BCUT2D eigenvalue weighted by atomic mass is 127. The van der Waals surface area contributed by atoms with Crippen molar-refractivity contribution in [2.24, 2.45) is 41.4 Å². The topological polar surface area (TPSA) is 279 Å². The third kappa shape index (κ3) is 22.9. The standard InChI is InChI=1S/C64H110IN11O12/c1-25-45-60(84)70(18)34-50(77)71(19)46(30-35(2)3)57(81)69-51(39(10)11)63(87)72(20)47(31-36(4)5)56(80)66-43(16)55(79)67-44(17)59(83)73(21)48(32-37(6)7)61(85)74(22)49(33-38(8)9)62(86)75(23)52(40(12)13)64(88)76(24)53(58(82)68-45)54(78)42(15)27-26-41(14)28-29-65/h26,35-40,42-49,51-54,78H,25,27,30-34H2,1-24H3,(H,66,80)(H,67,79)(H,68,82)(H,69,81)/b41-26-/t42-,43+,44-,45+,46+,47+,48+,49+,51+,52+,53+,54-/m1/s1. The Morgan fingerprint density at radius 1 is 0.511 bits per heavy atom. The number of nitrogens with one attached hydrogen (secondary N) is 4. The van der Waals surface area contributed by atoms with Gasteiger partial charge in [-0.1, -0.05) is 109 Å². The van der Waals surface area contributed by atoms with Crippen LogP contribution in [0.5, 0.6) is 0 Å². The summed E-state index contributed by atoms with van der Waals surface area (Å²) in [6, 6.07) is -12.5. The predicted octanol–water partition coefficient (Wildman–Crippen LogP) is 4.04. The molecule has 88 heavy (non-hydrogen) atoms. The van der Waals surface area contributed by atoms with Crippen molar-refractivity contribution in [2.45, 2.75) is 223 Å². The average molecular weight is 1350 g/mol. The summed E-state index contributed by atoms with van der Waals surface area (Å²) in [5.74, 6) is -6.99. The lowest BCUT2D eigenvalue weighted by molar-refractivity contribution is -0.157. The molecule has 500 valence electrons. The zero-order valence-electron chi connectivity index (χ0n) is 57.4. The van der Waals surface area contributed by atoms with Crippen LogP contribution in [0.4, 0.5) is 0 Å². The van der Waals surface area contributed by atoms with E-state index in [1.165, 1.54) is 87.7 Å². The maximum Gasteiger partial charge on any atom is 0.246 e. The van der Waals surface area contributed by atoms with Crippen molar-refractivity contribution in [1.82, 2.24) is 55.6 Å². The molecule has 1 rings (SSSR count). The molecule has 0 saturated carbocycles. The molecule has 12 atom stereocenters. The maximum absolute atomic E-state index is 15.2. The van der Waals surface area contributed by atoms with Gasteiger partial charge < -0.3 is 60.7 Å². The summed E-state index contributed by atoms with van der Waals surface area (Å²) < 4.78 is 2.80. The van der Waals surface area contributed by atoms with Crippen molar-refractivity contribution in [3.05, 3.63) is 11.6 Å². The fourth-order valence-corrected chi connectivity index (χ4v) is 11.2. The second-order valence-corrected chi connectivity index (χ2v) is 27.2. The summed E-state index contributed by atoms with van der Waals surface area (Å²) in [6.07, 6.45) is 1.07. The summed E-state index contributed by atoms with van der Waals surface area (Å²) >= 11 is 1.91. The summed E-state index contributed by atoms with van der Waals surface area (Å²) in [5, 5.41) is 23.3. The Morgan fingerprint density at radius 2 is 0.932 bits per heavy atom. The van der Waals surface area contributed by atoms with Gasteiger partial charge >= 0.3 is 0 Å². The van der Waals surface area contributed by atoms with Crippen molar-refractivity contribution in [3.8, 4) is 9.85 Å². The molecule has 0 spiro atoms. The van der Waals surface area contributed by atoms with Gasteiger partial charge in [-0.15, -0.1) is 0 Å². The average Bonchev–Trinajstić information content (AvgIpc) is 3.65. The Balaban J connectivity index is 4.38. The molecule has 1 aliphatic heterocycles. The van der Waals surface area contributed by atoms with E-state index >= 15 is 14.4 Å². The number of hydrogen-bond acceptors (Lipinski definition) is 12. The third-order valence-corrected chi connectivity index (χ3v) is 16.6. The van der Waals surface area contributed by atoms with E-state index in [1.54, 1.807) is 54.5 Å². The zero-order valence-corrected chi connectivity index (χ0v) is 59.5. The molecule has 0 aromatic carbocycles. The van der Waals surface area contributed by atoms with Gasteiger partial charge in [-0.3, -0.25) is 52.7 Å². The van der Waals surface area contributed by atoms with Gasteiger partial charge in [0.05, 0.1) is 12.6 Å². The molecule has 24 heteroatoms. The van der Waals surface area contributed by atoms with E-state index in [4.69, 9.17) is 0 Å². The monoisotopic (exact) mass is 1350 g/mol. The Morgan fingerprint density at radius 3 is 1.39 bits per heavy atom. The Bertz CT molecular complexity index is 2530. The second kappa shape index (κ2) is 36.7. The highest BCUT2D eigenvalue weighted by Gasteiger charge is 2.46. The molecule has 1 fully saturated rings. The van der Waals surface area contributed by atoms with E-state index in [9.17, 15) is 43.5 Å². The number of nitrogens with zero attached hydrogens (tertiary/aromatic N) is 7. The molecule has 5 N–H and O–H groups in total. The normalized spacial score (nSPS) is 26.3. The molecule has 0 unspecified atom stereocenters. The number of aliphatic hydroxyl groups excluding tert-OH is 1. The van der Waals surface area contributed by atoms with E-state index in [1.807, 2.05) is 78.0 Å². The first-order chi connectivity index (χ1) is 40.6. The van der Waals surface area contributed by atoms with Crippen LogP contribution < -0.4 is 21.3 Å². The fraction of sp³-hybridized carbons (Fsp3) is 0.766. The van der Waals surface area contributed by atoms with Gasteiger partial charge in [0.2, 0.25) is 65.0 Å². The first kappa shape index (κ1) is 80.2. The summed E-state index contributed by atoms with van der Waals surface area (Å²) in [6.45, 7) is 29.3. The van der Waals surface area contributed by atoms with Gasteiger partial charge in [0.1, 0.15) is 60.4 Å². The SMILES string of the molecule is CC[C@@H]1NC(=O)[C@H]([C@H](O)[C@H](C)C/C=C(/C)C#CI)N(C)C(=O)[C@H](C(C)C)N(C)C(=O)[C@H](CC(C)C)N(C)C(=O)[C@H](CC(C)C)N(C)C(=O)[C@@H](C)NC(=O)[C@H](C)NC(=O)[C@H](CC(C)C)N(C)C(=O)[C@H](C(C)C)NC(=O)[C@H](CC(C)C)N(C)C(=O)CN(C)C1=O. The lowest BCUT2D eigenvalue weighted by atomic mass is 9.91. The molecule has 23 nitrogen and oxygen atoms in total. The number of rotatable bonds is 15. The van der Waals surface area contributed by atoms with Gasteiger partial charge in [0, 0.05) is 71.9 Å². The molecular weight excluding hydrogens is 1240 g/mol. The second-order valence-electron chi connectivity index (χ2n) is 26.6. The van der Waals surface area contributed by atoms with Crippen LogP contribution in [0, 0.1) is 51.3 Å². The number of carbonyl (C=O) groups is 11. The highest BCUT2D eigenvalue weighted by molar-refractivity contribution is 14.1. The molecule has 0 aromatic heterocycles. The molecule has 0 radical (unpaired) electrons. The summed E-state index contributed by atoms with van der Waals surface area (Å²) in [7, 11) is 9.89. The van der Waals surface area contributed by atoms with Crippen LogP contribution in [0.2, 0.25) is 0 Å². The number of amides is 11. The predicted molar refractivity (Wildman–Crippen MR) is 349 cm³/mol. The highest BCUT2D eigenvalue weighted by Crippen LogP contribution is 2.26. The van der Waals surface area contributed by atoms with Gasteiger partial charge in [-0.2, -0.15) is 0 Å². The molecule has 1 saturated heterocycles.